The minimum Gasteiger partial charge on any atom is -0.493 e. The first-order valence-corrected chi connectivity index (χ1v) is 7.34. The number of benzene rings is 1. The van der Waals surface area contributed by atoms with Crippen molar-refractivity contribution in [3.8, 4) is 5.75 Å². The Bertz CT molecular complexity index is 442. The summed E-state index contributed by atoms with van der Waals surface area (Å²) in [5, 5.41) is 10.8. The first kappa shape index (κ1) is 12.9. The number of para-hydroxylation sites is 1. The maximum absolute atomic E-state index is 10.8. The zero-order valence-electron chi connectivity index (χ0n) is 11.3. The number of nitrogens with two attached hydrogens (primary N) is 1. The predicted octanol–water partition coefficient (Wildman–Crippen LogP) is 2.12. The molecule has 2 aliphatic rings. The lowest BCUT2D eigenvalue weighted by Gasteiger charge is -2.42. The van der Waals surface area contributed by atoms with Gasteiger partial charge in [0, 0.05) is 12.0 Å². The Morgan fingerprint density at radius 2 is 2.05 bits per heavy atom. The van der Waals surface area contributed by atoms with E-state index in [9.17, 15) is 5.11 Å². The highest BCUT2D eigenvalue weighted by atomic mass is 16.5. The molecule has 3 rings (SSSR count). The van der Waals surface area contributed by atoms with E-state index >= 15 is 0 Å². The Hall–Kier alpha value is -1.06. The number of aliphatic hydroxyl groups excluding tert-OH is 1. The third-order valence-electron chi connectivity index (χ3n) is 4.91. The first-order chi connectivity index (χ1) is 9.25. The molecule has 104 valence electrons. The molecule has 19 heavy (non-hydrogen) atoms. The van der Waals surface area contributed by atoms with E-state index in [2.05, 4.69) is 6.07 Å². The molecule has 2 atom stereocenters. The third kappa shape index (κ3) is 2.26. The van der Waals surface area contributed by atoms with Crippen LogP contribution in [0.2, 0.25) is 0 Å². The highest BCUT2D eigenvalue weighted by Crippen LogP contribution is 2.42. The van der Waals surface area contributed by atoms with Gasteiger partial charge in [0.2, 0.25) is 0 Å². The van der Waals surface area contributed by atoms with Gasteiger partial charge < -0.3 is 15.6 Å². The molecule has 3 nitrogen and oxygen atoms in total. The molecule has 0 radical (unpaired) electrons. The average Bonchev–Trinajstić information content (AvgIpc) is 3.00. The number of hydrogen-bond donors (Lipinski definition) is 2. The van der Waals surface area contributed by atoms with Crippen LogP contribution in [0.5, 0.6) is 5.75 Å². The number of fused-ring (bicyclic) bond motifs is 1. The van der Waals surface area contributed by atoms with Crippen LogP contribution < -0.4 is 10.5 Å². The molecule has 0 amide bonds. The Labute approximate surface area is 114 Å². The molecule has 1 heterocycles. The van der Waals surface area contributed by atoms with E-state index in [1.807, 2.05) is 18.2 Å². The van der Waals surface area contributed by atoms with Crippen LogP contribution in [0.1, 0.15) is 31.2 Å². The van der Waals surface area contributed by atoms with E-state index in [0.717, 1.165) is 25.0 Å². The van der Waals surface area contributed by atoms with Gasteiger partial charge in [-0.25, -0.2) is 0 Å². The van der Waals surface area contributed by atoms with Crippen molar-refractivity contribution in [2.24, 2.45) is 17.1 Å². The molecule has 1 aliphatic heterocycles. The van der Waals surface area contributed by atoms with Crippen LogP contribution in [0.4, 0.5) is 0 Å². The van der Waals surface area contributed by atoms with Crippen LogP contribution in [0.15, 0.2) is 24.3 Å². The van der Waals surface area contributed by atoms with Gasteiger partial charge in [-0.3, -0.25) is 0 Å². The zero-order chi connectivity index (χ0) is 13.3. The van der Waals surface area contributed by atoms with Gasteiger partial charge in [0.1, 0.15) is 5.75 Å². The van der Waals surface area contributed by atoms with Gasteiger partial charge in [-0.1, -0.05) is 31.0 Å². The summed E-state index contributed by atoms with van der Waals surface area (Å²) in [6.45, 7) is 1.02. The lowest BCUT2D eigenvalue weighted by atomic mass is 9.71. The minimum atomic E-state index is -0.339. The van der Waals surface area contributed by atoms with Gasteiger partial charge in [-0.15, -0.1) is 0 Å². The maximum atomic E-state index is 10.8. The van der Waals surface area contributed by atoms with E-state index in [4.69, 9.17) is 10.5 Å². The molecule has 3 heteroatoms. The molecule has 0 spiro atoms. The molecule has 0 bridgehead atoms. The fourth-order valence-corrected chi connectivity index (χ4v) is 3.66. The van der Waals surface area contributed by atoms with Crippen LogP contribution in [0.25, 0.3) is 0 Å². The zero-order valence-corrected chi connectivity index (χ0v) is 11.3. The van der Waals surface area contributed by atoms with Gasteiger partial charge in [-0.05, 0) is 36.8 Å². The summed E-state index contributed by atoms with van der Waals surface area (Å²) < 4.78 is 5.87. The maximum Gasteiger partial charge on any atom is 0.122 e. The van der Waals surface area contributed by atoms with Crippen molar-refractivity contribution in [3.05, 3.63) is 29.8 Å². The summed E-state index contributed by atoms with van der Waals surface area (Å²) >= 11 is 0. The summed E-state index contributed by atoms with van der Waals surface area (Å²) in [6, 6.07) is 8.09. The van der Waals surface area contributed by atoms with E-state index < -0.39 is 0 Å². The van der Waals surface area contributed by atoms with Crippen molar-refractivity contribution in [3.63, 3.8) is 0 Å². The molecule has 2 unspecified atom stereocenters. The van der Waals surface area contributed by atoms with Crippen LogP contribution in [0, 0.1) is 11.3 Å². The van der Waals surface area contributed by atoms with Crippen LogP contribution in [-0.2, 0) is 6.42 Å². The molecular weight excluding hydrogens is 238 g/mol. The quantitative estimate of drug-likeness (QED) is 0.876. The molecule has 1 aliphatic carbocycles. The van der Waals surface area contributed by atoms with E-state index in [-0.39, 0.29) is 11.5 Å². The predicted molar refractivity (Wildman–Crippen MR) is 75.1 cm³/mol. The highest BCUT2D eigenvalue weighted by molar-refractivity contribution is 5.36. The molecule has 3 N–H and O–H groups in total. The summed E-state index contributed by atoms with van der Waals surface area (Å²) in [4.78, 5) is 0. The molecule has 0 aromatic heterocycles. The largest absolute Gasteiger partial charge is 0.493 e. The molecule has 1 aromatic rings. The Morgan fingerprint density at radius 3 is 2.79 bits per heavy atom. The van der Waals surface area contributed by atoms with Crippen molar-refractivity contribution in [1.82, 2.24) is 0 Å². The lowest BCUT2D eigenvalue weighted by Crippen LogP contribution is -2.52. The highest BCUT2D eigenvalue weighted by Gasteiger charge is 2.45. The van der Waals surface area contributed by atoms with E-state index in [0.29, 0.717) is 19.1 Å². The van der Waals surface area contributed by atoms with Gasteiger partial charge in [0.15, 0.2) is 0 Å². The number of rotatable bonds is 3. The summed E-state index contributed by atoms with van der Waals surface area (Å²) in [5.41, 5.74) is 6.90. The smallest absolute Gasteiger partial charge is 0.122 e. The molecule has 1 saturated carbocycles. The number of ether oxygens (including phenoxy) is 1. The molecule has 0 saturated heterocycles. The molecule has 1 fully saturated rings. The van der Waals surface area contributed by atoms with Crippen LogP contribution in [0.3, 0.4) is 0 Å². The third-order valence-corrected chi connectivity index (χ3v) is 4.91. The molecule has 1 aromatic carbocycles. The fraction of sp³-hybridized carbons (Fsp3) is 0.625. The van der Waals surface area contributed by atoms with Gasteiger partial charge >= 0.3 is 0 Å². The van der Waals surface area contributed by atoms with E-state index in [1.165, 1.54) is 18.4 Å². The summed E-state index contributed by atoms with van der Waals surface area (Å²) in [6.07, 6.45) is 5.22. The van der Waals surface area contributed by atoms with Crippen LogP contribution in [-0.4, -0.2) is 24.4 Å². The normalized spacial score (nSPS) is 28.7. The van der Waals surface area contributed by atoms with Crippen molar-refractivity contribution in [2.75, 3.05) is 13.2 Å². The SMILES string of the molecule is NCC1(C(O)C2CCCC2)COc2ccccc2C1. The Morgan fingerprint density at radius 1 is 1.32 bits per heavy atom. The van der Waals surface area contributed by atoms with Gasteiger partial charge in [0.05, 0.1) is 12.7 Å². The van der Waals surface area contributed by atoms with Crippen molar-refractivity contribution >= 4 is 0 Å². The van der Waals surface area contributed by atoms with Crippen LogP contribution >= 0.6 is 0 Å². The summed E-state index contributed by atoms with van der Waals surface area (Å²) in [5.74, 6) is 1.35. The topological polar surface area (TPSA) is 55.5 Å². The fourth-order valence-electron chi connectivity index (χ4n) is 3.66. The van der Waals surface area contributed by atoms with Crippen molar-refractivity contribution < 1.29 is 9.84 Å². The number of hydrogen-bond acceptors (Lipinski definition) is 3. The Balaban J connectivity index is 1.84. The standard InChI is InChI=1S/C16H23NO2/c17-10-16(15(18)12-5-1-2-6-12)9-13-7-3-4-8-14(13)19-11-16/h3-4,7-8,12,15,18H,1-2,5-6,9-11,17H2. The summed E-state index contributed by atoms with van der Waals surface area (Å²) in [7, 11) is 0. The van der Waals surface area contributed by atoms with E-state index in [1.54, 1.807) is 0 Å². The van der Waals surface area contributed by atoms with Gasteiger partial charge in [-0.2, -0.15) is 0 Å². The second-order valence-electron chi connectivity index (χ2n) is 6.13. The second-order valence-corrected chi connectivity index (χ2v) is 6.13. The second kappa shape index (κ2) is 5.14. The lowest BCUT2D eigenvalue weighted by molar-refractivity contribution is -0.0469. The first-order valence-electron chi connectivity index (χ1n) is 7.34. The van der Waals surface area contributed by atoms with Gasteiger partial charge in [0.25, 0.3) is 0 Å². The average molecular weight is 261 g/mol. The van der Waals surface area contributed by atoms with Crippen molar-refractivity contribution in [1.29, 1.82) is 0 Å². The van der Waals surface area contributed by atoms with Crippen molar-refractivity contribution in [2.45, 2.75) is 38.2 Å². The number of aliphatic hydroxyl groups is 1. The molecular formula is C16H23NO2. The monoisotopic (exact) mass is 261 g/mol. The minimum absolute atomic E-state index is 0.302. The Kier molecular flexibility index (Phi) is 3.50.